The van der Waals surface area contributed by atoms with Crippen LogP contribution in [0.5, 0.6) is 0 Å². The largest absolute Gasteiger partial charge is 0.356 e. The molecule has 0 aliphatic carbocycles. The van der Waals surface area contributed by atoms with E-state index < -0.39 is 10.0 Å². The van der Waals surface area contributed by atoms with Gasteiger partial charge in [0, 0.05) is 37.4 Å². The van der Waals surface area contributed by atoms with Gasteiger partial charge in [0.1, 0.15) is 16.4 Å². The molecule has 0 bridgehead atoms. The van der Waals surface area contributed by atoms with Gasteiger partial charge in [0.05, 0.1) is 0 Å². The van der Waals surface area contributed by atoms with E-state index in [0.717, 1.165) is 0 Å². The third-order valence-corrected chi connectivity index (χ3v) is 6.97. The Kier molecular flexibility index (Phi) is 5.46. The van der Waals surface area contributed by atoms with Gasteiger partial charge in [0.15, 0.2) is 0 Å². The number of amidine groups is 1. The maximum Gasteiger partial charge on any atom is 0.285 e. The van der Waals surface area contributed by atoms with Crippen LogP contribution >= 0.6 is 0 Å². The Morgan fingerprint density at radius 3 is 2.50 bits per heavy atom. The number of benzene rings is 1. The number of nitrogens with zero attached hydrogens (tertiary/aromatic N) is 4. The molecule has 0 saturated carbocycles. The molecule has 1 saturated heterocycles. The molecule has 4 rings (SSSR count). The molecular weight excluding hydrogens is 402 g/mol. The fourth-order valence-corrected chi connectivity index (χ4v) is 5.41. The summed E-state index contributed by atoms with van der Waals surface area (Å²) in [5.74, 6) is 0.337. The molecule has 158 valence electrons. The smallest absolute Gasteiger partial charge is 0.285 e. The molecule has 9 heteroatoms. The van der Waals surface area contributed by atoms with E-state index >= 15 is 0 Å². The number of piperidine rings is 1. The van der Waals surface area contributed by atoms with Gasteiger partial charge in [0.2, 0.25) is 0 Å². The Hall–Kier alpha value is -2.94. The summed E-state index contributed by atoms with van der Waals surface area (Å²) < 4.78 is 31.1. The number of carbonyl (C=O) groups excluding carboxylic acids is 1. The molecule has 2 aromatic rings. The molecule has 30 heavy (non-hydrogen) atoms. The van der Waals surface area contributed by atoms with E-state index in [0.29, 0.717) is 55.1 Å². The molecule has 0 spiro atoms. The fourth-order valence-electron chi connectivity index (χ4n) is 3.93. The zero-order valence-corrected chi connectivity index (χ0v) is 17.9. The minimum Gasteiger partial charge on any atom is -0.356 e. The summed E-state index contributed by atoms with van der Waals surface area (Å²) >= 11 is 0. The van der Waals surface area contributed by atoms with Crippen molar-refractivity contribution >= 4 is 26.7 Å². The Balaban J connectivity index is 1.43. The standard InChI is InChI=1S/C21H25N5O3S/c1-3-26-14-11-18(23-26)21(27)22-17-9-12-25(13-10-17)20-15(2)19(30(28,29)24-20)16-7-5-4-6-8-16/h4-8,11,14,17H,3,9-10,12-13H2,1-2H3,(H,22,27). The van der Waals surface area contributed by atoms with Crippen LogP contribution in [0.25, 0.3) is 4.91 Å². The van der Waals surface area contributed by atoms with Gasteiger partial charge in [-0.2, -0.15) is 13.5 Å². The minimum absolute atomic E-state index is 0.0250. The number of hydrogen-bond acceptors (Lipinski definition) is 5. The second kappa shape index (κ2) is 8.06. The molecule has 0 radical (unpaired) electrons. The molecule has 1 amide bonds. The van der Waals surface area contributed by atoms with Gasteiger partial charge in [-0.1, -0.05) is 30.3 Å². The van der Waals surface area contributed by atoms with Gasteiger partial charge in [-0.3, -0.25) is 9.48 Å². The summed E-state index contributed by atoms with van der Waals surface area (Å²) in [6.45, 7) is 5.75. The minimum atomic E-state index is -3.71. The zero-order valence-electron chi connectivity index (χ0n) is 17.1. The number of sulfonamides is 1. The second-order valence-electron chi connectivity index (χ2n) is 7.50. The molecule has 0 unspecified atom stereocenters. The van der Waals surface area contributed by atoms with E-state index in [-0.39, 0.29) is 16.9 Å². The number of likely N-dealkylation sites (tertiary alicyclic amines) is 1. The zero-order chi connectivity index (χ0) is 21.3. The van der Waals surface area contributed by atoms with Crippen LogP contribution in [-0.2, 0) is 16.6 Å². The average Bonchev–Trinajstić information content (AvgIpc) is 3.31. The van der Waals surface area contributed by atoms with Gasteiger partial charge >= 0.3 is 0 Å². The van der Waals surface area contributed by atoms with E-state index in [1.54, 1.807) is 29.1 Å². The summed E-state index contributed by atoms with van der Waals surface area (Å²) in [6, 6.07) is 10.8. The maximum atomic E-state index is 12.7. The lowest BCUT2D eigenvalue weighted by Crippen LogP contribution is -2.46. The topological polar surface area (TPSA) is 96.7 Å². The number of amides is 1. The first-order chi connectivity index (χ1) is 14.4. The molecule has 2 aliphatic rings. The lowest BCUT2D eigenvalue weighted by molar-refractivity contribution is 0.0916. The highest BCUT2D eigenvalue weighted by Crippen LogP contribution is 2.34. The molecule has 3 heterocycles. The van der Waals surface area contributed by atoms with Crippen LogP contribution in [0.3, 0.4) is 0 Å². The highest BCUT2D eigenvalue weighted by molar-refractivity contribution is 8.00. The van der Waals surface area contributed by atoms with Crippen molar-refractivity contribution in [1.82, 2.24) is 20.0 Å². The summed E-state index contributed by atoms with van der Waals surface area (Å²) in [6.07, 6.45) is 3.22. The van der Waals surface area contributed by atoms with Crippen molar-refractivity contribution in [2.75, 3.05) is 13.1 Å². The van der Waals surface area contributed by atoms with Gasteiger partial charge in [-0.05, 0) is 38.3 Å². The van der Waals surface area contributed by atoms with Crippen LogP contribution in [0.2, 0.25) is 0 Å². The van der Waals surface area contributed by atoms with Crippen molar-refractivity contribution in [2.24, 2.45) is 4.40 Å². The Labute approximate surface area is 176 Å². The normalized spacial score (nSPS) is 19.1. The van der Waals surface area contributed by atoms with Gasteiger partial charge in [0.25, 0.3) is 15.9 Å². The summed E-state index contributed by atoms with van der Waals surface area (Å²) in [7, 11) is -3.71. The predicted octanol–water partition coefficient (Wildman–Crippen LogP) is 2.27. The molecule has 1 aromatic heterocycles. The second-order valence-corrected chi connectivity index (χ2v) is 9.04. The van der Waals surface area contributed by atoms with Crippen molar-refractivity contribution in [3.05, 3.63) is 59.4 Å². The van der Waals surface area contributed by atoms with Crippen LogP contribution < -0.4 is 5.32 Å². The van der Waals surface area contributed by atoms with Crippen molar-refractivity contribution in [1.29, 1.82) is 0 Å². The van der Waals surface area contributed by atoms with Crippen molar-refractivity contribution in [3.8, 4) is 0 Å². The van der Waals surface area contributed by atoms with Crippen molar-refractivity contribution in [2.45, 2.75) is 39.3 Å². The number of aromatic nitrogens is 2. The number of nitrogens with one attached hydrogen (secondary N) is 1. The summed E-state index contributed by atoms with van der Waals surface area (Å²) in [4.78, 5) is 14.7. The fraction of sp³-hybridized carbons (Fsp3) is 0.381. The molecule has 0 atom stereocenters. The first-order valence-electron chi connectivity index (χ1n) is 10.1. The van der Waals surface area contributed by atoms with E-state index in [1.165, 1.54) is 0 Å². The van der Waals surface area contributed by atoms with E-state index in [2.05, 4.69) is 14.8 Å². The van der Waals surface area contributed by atoms with Gasteiger partial charge in [-0.25, -0.2) is 0 Å². The highest BCUT2D eigenvalue weighted by atomic mass is 32.2. The van der Waals surface area contributed by atoms with Crippen molar-refractivity contribution < 1.29 is 13.2 Å². The van der Waals surface area contributed by atoms with E-state index in [1.807, 2.05) is 36.9 Å². The summed E-state index contributed by atoms with van der Waals surface area (Å²) in [5.41, 5.74) is 1.74. The Morgan fingerprint density at radius 2 is 1.87 bits per heavy atom. The molecule has 8 nitrogen and oxygen atoms in total. The number of aryl methyl sites for hydroxylation is 1. The molecular formula is C21H25N5O3S. The van der Waals surface area contributed by atoms with Gasteiger partial charge < -0.3 is 10.2 Å². The monoisotopic (exact) mass is 427 g/mol. The van der Waals surface area contributed by atoms with Crippen LogP contribution in [0.4, 0.5) is 0 Å². The lowest BCUT2D eigenvalue weighted by atomic mass is 10.0. The molecule has 1 aromatic carbocycles. The third-order valence-electron chi connectivity index (χ3n) is 5.50. The number of rotatable bonds is 4. The molecule has 1 fully saturated rings. The molecule has 2 aliphatic heterocycles. The summed E-state index contributed by atoms with van der Waals surface area (Å²) in [5, 5.41) is 7.27. The molecule has 1 N–H and O–H groups in total. The highest BCUT2D eigenvalue weighted by Gasteiger charge is 2.35. The van der Waals surface area contributed by atoms with Gasteiger partial charge in [-0.15, -0.1) is 4.40 Å². The third kappa shape index (κ3) is 3.89. The number of carbonyl (C=O) groups is 1. The van der Waals surface area contributed by atoms with Crippen LogP contribution in [-0.4, -0.2) is 54.0 Å². The SMILES string of the molecule is CCn1ccc(C(=O)NC2CCN(C3=NS(=O)(=O)C(c4ccccc4)=C3C)CC2)n1. The first-order valence-corrected chi connectivity index (χ1v) is 11.5. The van der Waals surface area contributed by atoms with Crippen LogP contribution in [0.1, 0.15) is 42.7 Å². The van der Waals surface area contributed by atoms with E-state index in [4.69, 9.17) is 0 Å². The van der Waals surface area contributed by atoms with Crippen LogP contribution in [0, 0.1) is 0 Å². The predicted molar refractivity (Wildman–Crippen MR) is 115 cm³/mol. The van der Waals surface area contributed by atoms with Crippen molar-refractivity contribution in [3.63, 3.8) is 0 Å². The first kappa shape index (κ1) is 20.3. The maximum absolute atomic E-state index is 12.7. The van der Waals surface area contributed by atoms with Crippen LogP contribution in [0.15, 0.2) is 52.6 Å². The Bertz CT molecular complexity index is 1110. The Morgan fingerprint density at radius 1 is 1.17 bits per heavy atom. The lowest BCUT2D eigenvalue weighted by Gasteiger charge is -2.33. The quantitative estimate of drug-likeness (QED) is 0.807. The van der Waals surface area contributed by atoms with E-state index in [9.17, 15) is 13.2 Å². The number of hydrogen-bond donors (Lipinski definition) is 1. The average molecular weight is 428 g/mol.